The van der Waals surface area contributed by atoms with Crippen molar-refractivity contribution in [3.63, 3.8) is 0 Å². The quantitative estimate of drug-likeness (QED) is 0.818. The van der Waals surface area contributed by atoms with E-state index in [-0.39, 0.29) is 11.8 Å². The van der Waals surface area contributed by atoms with Gasteiger partial charge in [-0.15, -0.1) is 0 Å². The highest BCUT2D eigenvalue weighted by atomic mass is 16.3. The molecule has 0 spiro atoms. The Morgan fingerprint density at radius 1 is 1.75 bits per heavy atom. The summed E-state index contributed by atoms with van der Waals surface area (Å²) in [7, 11) is 0. The van der Waals surface area contributed by atoms with E-state index in [9.17, 15) is 4.79 Å². The van der Waals surface area contributed by atoms with Crippen molar-refractivity contribution < 1.29 is 9.21 Å². The summed E-state index contributed by atoms with van der Waals surface area (Å²) in [5, 5.41) is 0. The Morgan fingerprint density at radius 2 is 2.56 bits per heavy atom. The number of nitrogens with two attached hydrogens (primary N) is 1. The Morgan fingerprint density at radius 3 is 3.19 bits per heavy atom. The zero-order valence-corrected chi connectivity index (χ0v) is 9.48. The number of nitrogens with zero attached hydrogens (tertiary/aromatic N) is 2. The molecule has 88 valence electrons. The van der Waals surface area contributed by atoms with E-state index >= 15 is 0 Å². The van der Waals surface area contributed by atoms with Crippen molar-refractivity contribution in [1.29, 1.82) is 0 Å². The number of carbonyl (C=O) groups is 1. The van der Waals surface area contributed by atoms with Crippen LogP contribution in [-0.2, 0) is 11.3 Å². The summed E-state index contributed by atoms with van der Waals surface area (Å²) >= 11 is 0. The fraction of sp³-hybridized carbons (Fsp3) is 0.636. The predicted octanol–water partition coefficient (Wildman–Crippen LogP) is 0.680. The van der Waals surface area contributed by atoms with E-state index in [0.29, 0.717) is 0 Å². The van der Waals surface area contributed by atoms with Crippen LogP contribution in [-0.4, -0.2) is 28.9 Å². The van der Waals surface area contributed by atoms with Gasteiger partial charge in [-0.2, -0.15) is 0 Å². The second kappa shape index (κ2) is 4.65. The Kier molecular flexibility index (Phi) is 3.24. The maximum Gasteiger partial charge on any atom is 0.221 e. The first-order valence-corrected chi connectivity index (χ1v) is 5.57. The first-order chi connectivity index (χ1) is 7.66. The summed E-state index contributed by atoms with van der Waals surface area (Å²) in [6.45, 7) is 4.38. The van der Waals surface area contributed by atoms with Gasteiger partial charge in [-0.3, -0.25) is 9.69 Å². The van der Waals surface area contributed by atoms with E-state index in [1.54, 1.807) is 0 Å². The number of carbonyl (C=O) groups excluding carboxylic acids is 1. The van der Waals surface area contributed by atoms with Gasteiger partial charge in [-0.05, 0) is 26.3 Å². The van der Waals surface area contributed by atoms with Crippen LogP contribution in [0.15, 0.2) is 10.8 Å². The van der Waals surface area contributed by atoms with Gasteiger partial charge in [0.2, 0.25) is 5.91 Å². The van der Waals surface area contributed by atoms with Crippen LogP contribution in [0.4, 0.5) is 0 Å². The van der Waals surface area contributed by atoms with E-state index in [2.05, 4.69) is 9.88 Å². The standard InChI is InChI=1S/C11H17N3O2/c1-8-10(13-7-16-8)6-14-4-2-3-9(5-14)11(12)15/h7,9H,2-6H2,1H3,(H2,12,15). The maximum absolute atomic E-state index is 11.1. The number of primary amides is 1. The third-order valence-corrected chi connectivity index (χ3v) is 3.13. The number of likely N-dealkylation sites (tertiary alicyclic amines) is 1. The number of piperidine rings is 1. The van der Waals surface area contributed by atoms with Crippen molar-refractivity contribution in [2.75, 3.05) is 13.1 Å². The summed E-state index contributed by atoms with van der Waals surface area (Å²) in [5.74, 6) is 0.642. The molecule has 16 heavy (non-hydrogen) atoms. The second-order valence-electron chi connectivity index (χ2n) is 4.33. The van der Waals surface area contributed by atoms with Crippen molar-refractivity contribution in [2.45, 2.75) is 26.3 Å². The molecule has 0 bridgehead atoms. The molecule has 0 aromatic carbocycles. The van der Waals surface area contributed by atoms with Crippen LogP contribution in [0, 0.1) is 12.8 Å². The van der Waals surface area contributed by atoms with E-state index in [1.807, 2.05) is 6.92 Å². The molecular formula is C11H17N3O2. The Hall–Kier alpha value is -1.36. The van der Waals surface area contributed by atoms with Crippen LogP contribution < -0.4 is 5.73 Å². The molecule has 2 heterocycles. The Labute approximate surface area is 94.6 Å². The summed E-state index contributed by atoms with van der Waals surface area (Å²) in [4.78, 5) is 17.5. The van der Waals surface area contributed by atoms with Gasteiger partial charge in [0.05, 0.1) is 11.6 Å². The smallest absolute Gasteiger partial charge is 0.221 e. The van der Waals surface area contributed by atoms with Gasteiger partial charge in [0, 0.05) is 13.1 Å². The average Bonchev–Trinajstić information content (AvgIpc) is 2.65. The highest BCUT2D eigenvalue weighted by Crippen LogP contribution is 2.18. The predicted molar refractivity (Wildman–Crippen MR) is 58.4 cm³/mol. The number of amides is 1. The lowest BCUT2D eigenvalue weighted by molar-refractivity contribution is -0.123. The van der Waals surface area contributed by atoms with Crippen molar-refractivity contribution >= 4 is 5.91 Å². The molecule has 1 amide bonds. The molecule has 1 aliphatic heterocycles. The van der Waals surface area contributed by atoms with E-state index in [0.717, 1.165) is 43.9 Å². The zero-order chi connectivity index (χ0) is 11.5. The maximum atomic E-state index is 11.1. The van der Waals surface area contributed by atoms with Crippen LogP contribution in [0.25, 0.3) is 0 Å². The largest absolute Gasteiger partial charge is 0.448 e. The van der Waals surface area contributed by atoms with Crippen LogP contribution in [0.3, 0.4) is 0 Å². The molecule has 2 N–H and O–H groups in total. The SMILES string of the molecule is Cc1ocnc1CN1CCCC(C(N)=O)C1. The van der Waals surface area contributed by atoms with E-state index in [4.69, 9.17) is 10.2 Å². The lowest BCUT2D eigenvalue weighted by Crippen LogP contribution is -2.40. The van der Waals surface area contributed by atoms with Gasteiger partial charge in [0.25, 0.3) is 0 Å². The van der Waals surface area contributed by atoms with Crippen molar-refractivity contribution in [2.24, 2.45) is 11.7 Å². The molecule has 2 rings (SSSR count). The molecule has 1 atom stereocenters. The molecule has 1 saturated heterocycles. The minimum Gasteiger partial charge on any atom is -0.448 e. The third-order valence-electron chi connectivity index (χ3n) is 3.13. The van der Waals surface area contributed by atoms with Gasteiger partial charge >= 0.3 is 0 Å². The van der Waals surface area contributed by atoms with Crippen molar-refractivity contribution in [1.82, 2.24) is 9.88 Å². The monoisotopic (exact) mass is 223 g/mol. The van der Waals surface area contributed by atoms with Gasteiger partial charge in [0.15, 0.2) is 6.39 Å². The molecule has 1 fully saturated rings. The molecular weight excluding hydrogens is 206 g/mol. The van der Waals surface area contributed by atoms with Crippen molar-refractivity contribution in [3.05, 3.63) is 17.8 Å². The van der Waals surface area contributed by atoms with Crippen LogP contribution >= 0.6 is 0 Å². The molecule has 5 nitrogen and oxygen atoms in total. The van der Waals surface area contributed by atoms with Crippen molar-refractivity contribution in [3.8, 4) is 0 Å². The van der Waals surface area contributed by atoms with E-state index in [1.165, 1.54) is 6.39 Å². The zero-order valence-electron chi connectivity index (χ0n) is 9.48. The number of hydrogen-bond acceptors (Lipinski definition) is 4. The Bertz CT molecular complexity index is 375. The molecule has 1 unspecified atom stereocenters. The topological polar surface area (TPSA) is 72.4 Å². The van der Waals surface area contributed by atoms with Gasteiger partial charge < -0.3 is 10.2 Å². The summed E-state index contributed by atoms with van der Waals surface area (Å²) in [6.07, 6.45) is 3.38. The minimum absolute atomic E-state index is 0.0130. The van der Waals surface area contributed by atoms with E-state index < -0.39 is 0 Å². The van der Waals surface area contributed by atoms with Gasteiger partial charge in [0.1, 0.15) is 5.76 Å². The first-order valence-electron chi connectivity index (χ1n) is 5.57. The highest BCUT2D eigenvalue weighted by Gasteiger charge is 2.24. The molecule has 0 saturated carbocycles. The molecule has 0 radical (unpaired) electrons. The molecule has 1 aromatic rings. The minimum atomic E-state index is -0.193. The lowest BCUT2D eigenvalue weighted by atomic mass is 9.97. The lowest BCUT2D eigenvalue weighted by Gasteiger charge is -2.30. The normalized spacial score (nSPS) is 22.2. The fourth-order valence-corrected chi connectivity index (χ4v) is 2.12. The van der Waals surface area contributed by atoms with Gasteiger partial charge in [-0.1, -0.05) is 0 Å². The Balaban J connectivity index is 1.95. The van der Waals surface area contributed by atoms with Crippen LogP contribution in [0.2, 0.25) is 0 Å². The second-order valence-corrected chi connectivity index (χ2v) is 4.33. The third kappa shape index (κ3) is 2.41. The number of rotatable bonds is 3. The van der Waals surface area contributed by atoms with Crippen LogP contribution in [0.1, 0.15) is 24.3 Å². The molecule has 5 heteroatoms. The first kappa shape index (κ1) is 11.1. The molecule has 1 aliphatic rings. The number of aromatic nitrogens is 1. The van der Waals surface area contributed by atoms with Crippen LogP contribution in [0.5, 0.6) is 0 Å². The molecule has 0 aliphatic carbocycles. The molecule has 1 aromatic heterocycles. The number of hydrogen-bond donors (Lipinski definition) is 1. The average molecular weight is 223 g/mol. The number of oxazole rings is 1. The summed E-state index contributed by atoms with van der Waals surface area (Å²) in [5.41, 5.74) is 6.28. The highest BCUT2D eigenvalue weighted by molar-refractivity contribution is 5.76. The summed E-state index contributed by atoms with van der Waals surface area (Å²) < 4.78 is 5.15. The van der Waals surface area contributed by atoms with Gasteiger partial charge in [-0.25, -0.2) is 4.98 Å². The summed E-state index contributed by atoms with van der Waals surface area (Å²) in [6, 6.07) is 0. The number of aryl methyl sites for hydroxylation is 1. The fourth-order valence-electron chi connectivity index (χ4n) is 2.12.